The van der Waals surface area contributed by atoms with E-state index in [0.29, 0.717) is 25.7 Å². The number of hydrogen-bond donors (Lipinski definition) is 5. The lowest BCUT2D eigenvalue weighted by Crippen LogP contribution is -2.61. The van der Waals surface area contributed by atoms with Crippen LogP contribution in [0.3, 0.4) is 0 Å². The number of aliphatic hydroxyl groups excluding tert-OH is 3. The molecule has 10 atom stereocenters. The molecule has 0 bridgehead atoms. The zero-order chi connectivity index (χ0) is 24.6. The number of rotatable bonds is 5. The average Bonchev–Trinajstić information content (AvgIpc) is 2.99. The van der Waals surface area contributed by atoms with E-state index in [0.717, 1.165) is 24.8 Å². The van der Waals surface area contributed by atoms with Crippen LogP contribution in [0, 0.1) is 34.5 Å². The smallest absolute Gasteiger partial charge is 0.159 e. The van der Waals surface area contributed by atoms with E-state index in [1.807, 2.05) is 0 Å². The molecule has 4 aliphatic rings. The molecule has 0 aromatic rings. The van der Waals surface area contributed by atoms with E-state index in [1.54, 1.807) is 19.9 Å². The highest BCUT2D eigenvalue weighted by atomic mass is 16.3. The summed E-state index contributed by atoms with van der Waals surface area (Å²) < 4.78 is 0. The second-order valence-corrected chi connectivity index (χ2v) is 12.9. The third kappa shape index (κ3) is 3.85. The lowest BCUT2D eigenvalue weighted by Gasteiger charge is -2.60. The summed E-state index contributed by atoms with van der Waals surface area (Å²) in [5, 5.41) is 53.9. The summed E-state index contributed by atoms with van der Waals surface area (Å²) in [5.74, 6) is -0.264. The molecule has 0 aliphatic heterocycles. The third-order valence-electron chi connectivity index (χ3n) is 10.5. The van der Waals surface area contributed by atoms with Gasteiger partial charge in [-0.15, -0.1) is 0 Å². The van der Waals surface area contributed by atoms with Crippen LogP contribution in [-0.4, -0.2) is 60.8 Å². The third-order valence-corrected chi connectivity index (χ3v) is 10.5. The summed E-state index contributed by atoms with van der Waals surface area (Å²) in [6.45, 7) is 9.74. The molecule has 0 spiro atoms. The van der Waals surface area contributed by atoms with Gasteiger partial charge in [-0.25, -0.2) is 0 Å². The monoisotopic (exact) mass is 464 g/mol. The molecule has 33 heavy (non-hydrogen) atoms. The molecule has 188 valence electrons. The Labute approximate surface area is 198 Å². The fourth-order valence-electron chi connectivity index (χ4n) is 8.29. The zero-order valence-corrected chi connectivity index (χ0v) is 20.9. The number of aliphatic hydroxyl groups is 5. The van der Waals surface area contributed by atoms with Crippen LogP contribution >= 0.6 is 0 Å². The van der Waals surface area contributed by atoms with Gasteiger partial charge in [-0.1, -0.05) is 20.8 Å². The second-order valence-electron chi connectivity index (χ2n) is 12.9. The van der Waals surface area contributed by atoms with Crippen LogP contribution in [0.4, 0.5) is 0 Å². The van der Waals surface area contributed by atoms with E-state index in [4.69, 9.17) is 0 Å². The number of allylic oxidation sites excluding steroid dienone is 1. The maximum absolute atomic E-state index is 13.2. The molecular weight excluding hydrogens is 420 g/mol. The Bertz CT molecular complexity index is 816. The van der Waals surface area contributed by atoms with Gasteiger partial charge in [0, 0.05) is 11.3 Å². The molecule has 0 unspecified atom stereocenters. The Kier molecular flexibility index (Phi) is 6.23. The van der Waals surface area contributed by atoms with Gasteiger partial charge in [0.05, 0.1) is 29.5 Å². The van der Waals surface area contributed by atoms with Crippen LogP contribution in [0.25, 0.3) is 0 Å². The van der Waals surface area contributed by atoms with Crippen molar-refractivity contribution < 1.29 is 30.3 Å². The molecule has 3 saturated carbocycles. The molecule has 3 fully saturated rings. The summed E-state index contributed by atoms with van der Waals surface area (Å²) in [6, 6.07) is 0. The van der Waals surface area contributed by atoms with Crippen molar-refractivity contribution in [1.82, 2.24) is 0 Å². The van der Waals surface area contributed by atoms with Gasteiger partial charge in [-0.05, 0) is 100 Å². The van der Waals surface area contributed by atoms with E-state index >= 15 is 0 Å². The summed E-state index contributed by atoms with van der Waals surface area (Å²) in [4.78, 5) is 13.2. The first-order valence-electron chi connectivity index (χ1n) is 12.9. The first-order chi connectivity index (χ1) is 15.1. The normalized spacial score (nSPS) is 47.3. The van der Waals surface area contributed by atoms with Crippen molar-refractivity contribution in [3.05, 3.63) is 11.6 Å². The van der Waals surface area contributed by atoms with Gasteiger partial charge in [0.15, 0.2) is 5.78 Å². The van der Waals surface area contributed by atoms with Crippen LogP contribution in [-0.2, 0) is 4.79 Å². The number of fused-ring (bicyclic) bond motifs is 5. The molecule has 0 saturated heterocycles. The van der Waals surface area contributed by atoms with Crippen molar-refractivity contribution in [1.29, 1.82) is 0 Å². The molecule has 0 heterocycles. The number of carbonyl (C=O) groups is 1. The highest BCUT2D eigenvalue weighted by Gasteiger charge is 2.67. The average molecular weight is 465 g/mol. The van der Waals surface area contributed by atoms with E-state index < -0.39 is 40.3 Å². The summed E-state index contributed by atoms with van der Waals surface area (Å²) in [5.41, 5.74) is -2.01. The van der Waals surface area contributed by atoms with Crippen molar-refractivity contribution in [3.63, 3.8) is 0 Å². The van der Waals surface area contributed by atoms with Gasteiger partial charge in [0.2, 0.25) is 0 Å². The Morgan fingerprint density at radius 1 is 1.12 bits per heavy atom. The highest BCUT2D eigenvalue weighted by Crippen LogP contribution is 2.68. The summed E-state index contributed by atoms with van der Waals surface area (Å²) >= 11 is 0. The molecular formula is C27H44O6. The quantitative estimate of drug-likeness (QED) is 0.427. The molecule has 4 aliphatic carbocycles. The van der Waals surface area contributed by atoms with E-state index in [-0.39, 0.29) is 35.9 Å². The van der Waals surface area contributed by atoms with E-state index in [9.17, 15) is 30.3 Å². The van der Waals surface area contributed by atoms with Crippen molar-refractivity contribution in [2.45, 2.75) is 115 Å². The van der Waals surface area contributed by atoms with E-state index in [2.05, 4.69) is 20.8 Å². The predicted molar refractivity (Wildman–Crippen MR) is 125 cm³/mol. The highest BCUT2D eigenvalue weighted by molar-refractivity contribution is 5.95. The van der Waals surface area contributed by atoms with Crippen LogP contribution < -0.4 is 0 Å². The molecule has 0 radical (unpaired) electrons. The predicted octanol–water partition coefficient (Wildman–Crippen LogP) is 2.74. The van der Waals surface area contributed by atoms with Crippen LogP contribution in [0.2, 0.25) is 0 Å². The van der Waals surface area contributed by atoms with E-state index in [1.165, 1.54) is 0 Å². The maximum atomic E-state index is 13.2. The SMILES string of the molecule is C[C@H]([C@H](O)CCC(C)(C)O)[C@H]1CC[C@]2(O)C3=CC(=O)[C@@H]4C[C@@H](O)[C@@H](O)C[C@]4(C)[C@H]3CC[C@]12C. The zero-order valence-electron chi connectivity index (χ0n) is 20.9. The van der Waals surface area contributed by atoms with Crippen LogP contribution in [0.5, 0.6) is 0 Å². The van der Waals surface area contributed by atoms with Crippen LogP contribution in [0.1, 0.15) is 86.0 Å². The first kappa shape index (κ1) is 25.3. The Hall–Kier alpha value is -0.790. The number of carbonyl (C=O) groups excluding carboxylic acids is 1. The van der Waals surface area contributed by atoms with Crippen molar-refractivity contribution in [2.24, 2.45) is 34.5 Å². The maximum Gasteiger partial charge on any atom is 0.159 e. The van der Waals surface area contributed by atoms with Crippen molar-refractivity contribution in [2.75, 3.05) is 0 Å². The molecule has 6 heteroatoms. The summed E-state index contributed by atoms with van der Waals surface area (Å²) in [6.07, 6.45) is 4.06. The number of hydrogen-bond acceptors (Lipinski definition) is 6. The Morgan fingerprint density at radius 3 is 2.42 bits per heavy atom. The fourth-order valence-corrected chi connectivity index (χ4v) is 8.29. The van der Waals surface area contributed by atoms with Crippen molar-refractivity contribution >= 4 is 5.78 Å². The molecule has 0 aromatic carbocycles. The minimum atomic E-state index is -1.10. The van der Waals surface area contributed by atoms with Gasteiger partial charge in [-0.2, -0.15) is 0 Å². The second kappa shape index (κ2) is 8.12. The van der Waals surface area contributed by atoms with Gasteiger partial charge in [0.25, 0.3) is 0 Å². The molecule has 5 N–H and O–H groups in total. The molecule has 0 aromatic heterocycles. The lowest BCUT2D eigenvalue weighted by molar-refractivity contribution is -0.154. The molecule has 6 nitrogen and oxygen atoms in total. The Balaban J connectivity index is 1.62. The molecule has 4 rings (SSSR count). The number of ketones is 1. The fraction of sp³-hybridized carbons (Fsp3) is 0.889. The van der Waals surface area contributed by atoms with Crippen molar-refractivity contribution in [3.8, 4) is 0 Å². The first-order valence-corrected chi connectivity index (χ1v) is 12.9. The van der Waals surface area contributed by atoms with Gasteiger partial charge >= 0.3 is 0 Å². The molecule has 0 amide bonds. The Morgan fingerprint density at radius 2 is 1.79 bits per heavy atom. The summed E-state index contributed by atoms with van der Waals surface area (Å²) in [7, 11) is 0. The van der Waals surface area contributed by atoms with Gasteiger partial charge < -0.3 is 25.5 Å². The lowest BCUT2D eigenvalue weighted by atomic mass is 9.46. The van der Waals surface area contributed by atoms with Gasteiger partial charge in [-0.3, -0.25) is 4.79 Å². The minimum Gasteiger partial charge on any atom is -0.393 e. The van der Waals surface area contributed by atoms with Gasteiger partial charge in [0.1, 0.15) is 0 Å². The standard InChI is InChI=1S/C27H44O6/c1-15(20(28)8-9-24(2,3)32)16-7-11-27(33)18-12-21(29)19-13-22(30)23(31)14-25(19,4)17(18)6-10-26(16,27)5/h12,15-17,19-20,22-23,28,30-33H,6-11,13-14H2,1-5H3/t15-,16+,17-,19-,20+,22+,23-,25+,26+,27-/m0/s1. The minimum absolute atomic E-state index is 0.00888. The van der Waals surface area contributed by atoms with Crippen LogP contribution in [0.15, 0.2) is 11.6 Å². The topological polar surface area (TPSA) is 118 Å². The largest absolute Gasteiger partial charge is 0.393 e.